The van der Waals surface area contributed by atoms with Crippen LogP contribution < -0.4 is 4.74 Å². The Labute approximate surface area is 135 Å². The second-order valence-corrected chi connectivity index (χ2v) is 5.96. The van der Waals surface area contributed by atoms with Gasteiger partial charge in [-0.15, -0.1) is 11.6 Å². The number of hydrogen-bond acceptors (Lipinski definition) is 3. The van der Waals surface area contributed by atoms with Gasteiger partial charge in [0, 0.05) is 6.07 Å². The van der Waals surface area contributed by atoms with Crippen LogP contribution in [0, 0.1) is 0 Å². The zero-order chi connectivity index (χ0) is 14.5. The Morgan fingerprint density at radius 1 is 1.16 bits per heavy atom. The zero-order valence-electron chi connectivity index (χ0n) is 9.47. The van der Waals surface area contributed by atoms with Crippen molar-refractivity contribution in [1.29, 1.82) is 0 Å². The van der Waals surface area contributed by atoms with Gasteiger partial charge in [-0.1, -0.05) is 46.4 Å². The molecule has 3 nitrogen and oxygen atoms in total. The molecule has 0 saturated heterocycles. The lowest BCUT2D eigenvalue weighted by Crippen LogP contribution is -2.31. The minimum Gasteiger partial charge on any atom is -0.490 e. The molecule has 0 saturated carbocycles. The van der Waals surface area contributed by atoms with Gasteiger partial charge < -0.3 is 9.47 Å². The largest absolute Gasteiger partial charge is 0.490 e. The molecule has 1 aromatic rings. The van der Waals surface area contributed by atoms with Crippen LogP contribution in [0.1, 0.15) is 0 Å². The summed E-state index contributed by atoms with van der Waals surface area (Å²) in [5.74, 6) is -0.572. The summed E-state index contributed by atoms with van der Waals surface area (Å²) in [4.78, 5) is 11.3. The summed E-state index contributed by atoms with van der Waals surface area (Å²) in [7, 11) is 0. The minimum atomic E-state index is -1.74. The van der Waals surface area contributed by atoms with E-state index in [4.69, 9.17) is 67.5 Å². The minimum absolute atomic E-state index is 0.0167. The van der Waals surface area contributed by atoms with E-state index in [1.54, 1.807) is 18.2 Å². The fraction of sp³-hybridized carbons (Fsp3) is 0.364. The van der Waals surface area contributed by atoms with Gasteiger partial charge in [0.05, 0.1) is 15.9 Å². The highest BCUT2D eigenvalue weighted by molar-refractivity contribution is 6.60. The maximum Gasteiger partial charge on any atom is 0.344 e. The van der Waals surface area contributed by atoms with Crippen molar-refractivity contribution in [2.45, 2.75) is 4.33 Å². The van der Waals surface area contributed by atoms with Crippen molar-refractivity contribution in [3.05, 3.63) is 28.2 Å². The summed E-state index contributed by atoms with van der Waals surface area (Å²) in [5, 5.41) is 0.801. The van der Waals surface area contributed by atoms with Crippen LogP contribution in [0.15, 0.2) is 18.2 Å². The Bertz CT molecular complexity index is 450. The van der Waals surface area contributed by atoms with Crippen molar-refractivity contribution in [1.82, 2.24) is 0 Å². The molecular weight excluding hydrogens is 357 g/mol. The summed E-state index contributed by atoms with van der Waals surface area (Å²) >= 11 is 28.1. The van der Waals surface area contributed by atoms with Crippen LogP contribution in [0.25, 0.3) is 0 Å². The van der Waals surface area contributed by atoms with Gasteiger partial charge in [0.1, 0.15) is 19.0 Å². The molecule has 8 heteroatoms. The van der Waals surface area contributed by atoms with Gasteiger partial charge in [-0.2, -0.15) is 0 Å². The highest BCUT2D eigenvalue weighted by Crippen LogP contribution is 2.26. The third kappa shape index (κ3) is 5.44. The number of carbonyl (C=O) groups is 1. The van der Waals surface area contributed by atoms with Gasteiger partial charge in [-0.3, -0.25) is 0 Å². The first-order valence-corrected chi connectivity index (χ1v) is 7.10. The molecule has 106 valence electrons. The Morgan fingerprint density at radius 2 is 1.84 bits per heavy atom. The van der Waals surface area contributed by atoms with Gasteiger partial charge >= 0.3 is 5.97 Å². The average Bonchev–Trinajstić information content (AvgIpc) is 2.38. The van der Waals surface area contributed by atoms with Gasteiger partial charge in [0.25, 0.3) is 0 Å². The molecule has 0 fully saturated rings. The topological polar surface area (TPSA) is 35.5 Å². The van der Waals surface area contributed by atoms with Crippen LogP contribution in [0.2, 0.25) is 10.0 Å². The molecule has 0 amide bonds. The first-order valence-electron chi connectivity index (χ1n) is 5.05. The Hall–Kier alpha value is -0.0600. The van der Waals surface area contributed by atoms with Gasteiger partial charge in [0.15, 0.2) is 0 Å². The molecule has 0 heterocycles. The van der Waals surface area contributed by atoms with Gasteiger partial charge in [-0.25, -0.2) is 4.79 Å². The van der Waals surface area contributed by atoms with Gasteiger partial charge in [-0.05, 0) is 12.1 Å². The predicted octanol–water partition coefficient (Wildman–Crippen LogP) is 4.33. The van der Waals surface area contributed by atoms with Crippen molar-refractivity contribution < 1.29 is 14.3 Å². The Kier molecular flexibility index (Phi) is 6.84. The molecule has 1 aromatic carbocycles. The number of alkyl halides is 3. The summed E-state index contributed by atoms with van der Waals surface area (Å²) < 4.78 is 8.36. The fourth-order valence-electron chi connectivity index (χ4n) is 1.02. The third-order valence-electron chi connectivity index (χ3n) is 1.94. The maximum atomic E-state index is 11.3. The molecule has 0 radical (unpaired) electrons. The standard InChI is InChI=1S/C11H9Cl5O3/c12-6-11(15,16)10(17)19-4-3-18-7-1-2-8(13)9(14)5-7/h1-2,5H,3-4,6H2. The molecule has 0 unspecified atom stereocenters. The summed E-state index contributed by atoms with van der Waals surface area (Å²) in [6.45, 7) is 0.104. The van der Waals surface area contributed by atoms with E-state index in [1.807, 2.05) is 0 Å². The molecule has 0 aliphatic rings. The number of halogens is 5. The molecule has 0 atom stereocenters. The first-order chi connectivity index (χ1) is 8.86. The van der Waals surface area contributed by atoms with Crippen molar-refractivity contribution in [2.75, 3.05) is 19.1 Å². The smallest absolute Gasteiger partial charge is 0.344 e. The van der Waals surface area contributed by atoms with Crippen molar-refractivity contribution in [3.8, 4) is 5.75 Å². The van der Waals surface area contributed by atoms with Crippen LogP contribution in [0.4, 0.5) is 0 Å². The van der Waals surface area contributed by atoms with Crippen LogP contribution in [-0.2, 0) is 9.53 Å². The van der Waals surface area contributed by atoms with E-state index in [9.17, 15) is 4.79 Å². The number of ether oxygens (including phenoxy) is 2. The SMILES string of the molecule is O=C(OCCOc1ccc(Cl)c(Cl)c1)C(Cl)(Cl)CCl. The van der Waals surface area contributed by atoms with Crippen LogP contribution in [0.5, 0.6) is 5.75 Å². The van der Waals surface area contributed by atoms with E-state index in [2.05, 4.69) is 0 Å². The molecule has 0 bridgehead atoms. The van der Waals surface area contributed by atoms with Gasteiger partial charge in [0.2, 0.25) is 4.33 Å². The van der Waals surface area contributed by atoms with E-state index in [-0.39, 0.29) is 19.1 Å². The summed E-state index contributed by atoms with van der Waals surface area (Å²) in [6.07, 6.45) is 0. The predicted molar refractivity (Wildman–Crippen MR) is 78.1 cm³/mol. The lowest BCUT2D eigenvalue weighted by atomic mass is 10.3. The summed E-state index contributed by atoms with van der Waals surface area (Å²) in [5.41, 5.74) is 0. The highest BCUT2D eigenvalue weighted by Gasteiger charge is 2.34. The zero-order valence-corrected chi connectivity index (χ0v) is 13.2. The molecule has 0 aromatic heterocycles. The maximum absolute atomic E-state index is 11.3. The fourth-order valence-corrected chi connectivity index (χ4v) is 1.53. The van der Waals surface area contributed by atoms with Crippen molar-refractivity contribution >= 4 is 64.0 Å². The molecule has 0 spiro atoms. The number of benzene rings is 1. The van der Waals surface area contributed by atoms with Crippen LogP contribution in [0.3, 0.4) is 0 Å². The van der Waals surface area contributed by atoms with Crippen molar-refractivity contribution in [2.24, 2.45) is 0 Å². The van der Waals surface area contributed by atoms with Crippen molar-refractivity contribution in [3.63, 3.8) is 0 Å². The lowest BCUT2D eigenvalue weighted by Gasteiger charge is -2.14. The second kappa shape index (κ2) is 7.65. The second-order valence-electron chi connectivity index (χ2n) is 3.40. The summed E-state index contributed by atoms with van der Waals surface area (Å²) in [6, 6.07) is 4.79. The third-order valence-corrected chi connectivity index (χ3v) is 3.93. The monoisotopic (exact) mass is 364 g/mol. The molecule has 0 aliphatic heterocycles. The quantitative estimate of drug-likeness (QED) is 0.427. The number of rotatable bonds is 6. The lowest BCUT2D eigenvalue weighted by molar-refractivity contribution is -0.144. The number of hydrogen-bond donors (Lipinski definition) is 0. The molecule has 0 aliphatic carbocycles. The molecule has 0 N–H and O–H groups in total. The van der Waals surface area contributed by atoms with E-state index < -0.39 is 10.3 Å². The highest BCUT2D eigenvalue weighted by atomic mass is 35.5. The molecular formula is C11H9Cl5O3. The normalized spacial score (nSPS) is 11.2. The van der Waals surface area contributed by atoms with E-state index in [0.29, 0.717) is 15.8 Å². The molecule has 19 heavy (non-hydrogen) atoms. The van der Waals surface area contributed by atoms with E-state index in [1.165, 1.54) is 0 Å². The average molecular weight is 366 g/mol. The molecule has 1 rings (SSSR count). The Balaban J connectivity index is 2.35. The van der Waals surface area contributed by atoms with Crippen LogP contribution >= 0.6 is 58.0 Å². The van der Waals surface area contributed by atoms with Crippen LogP contribution in [-0.4, -0.2) is 29.4 Å². The number of esters is 1. The van der Waals surface area contributed by atoms with E-state index >= 15 is 0 Å². The Morgan fingerprint density at radius 3 is 2.42 bits per heavy atom. The van der Waals surface area contributed by atoms with E-state index in [0.717, 1.165) is 0 Å². The first kappa shape index (κ1) is 17.0. The number of carbonyl (C=O) groups excluding carboxylic acids is 1.